The third-order valence-electron chi connectivity index (χ3n) is 3.61. The fraction of sp³-hybridized carbons (Fsp3) is 0.316. The zero-order chi connectivity index (χ0) is 17.4. The van der Waals surface area contributed by atoms with E-state index in [1.54, 1.807) is 12.1 Å². The largest absolute Gasteiger partial charge is 0.508 e. The number of esters is 1. The molecule has 2 aromatic carbocycles. The smallest absolute Gasteiger partial charge is 0.335 e. The van der Waals surface area contributed by atoms with Gasteiger partial charge in [-0.25, -0.2) is 4.79 Å². The molecule has 5 heteroatoms. The number of anilines is 1. The predicted molar refractivity (Wildman–Crippen MR) is 93.0 cm³/mol. The Morgan fingerprint density at radius 2 is 1.92 bits per heavy atom. The SMILES string of the molecule is CCOC(Cc1cccc(NCc2ccc(O)cc2)c1)C(=O)OC. The van der Waals surface area contributed by atoms with Crippen LogP contribution in [0.5, 0.6) is 5.75 Å². The molecule has 0 bridgehead atoms. The van der Waals surface area contributed by atoms with E-state index >= 15 is 0 Å². The van der Waals surface area contributed by atoms with Crippen molar-refractivity contribution in [2.45, 2.75) is 26.0 Å². The number of methoxy groups -OCH3 is 1. The number of ether oxygens (including phenoxy) is 2. The van der Waals surface area contributed by atoms with Crippen molar-refractivity contribution in [1.82, 2.24) is 0 Å². The van der Waals surface area contributed by atoms with Crippen LogP contribution in [0.25, 0.3) is 0 Å². The van der Waals surface area contributed by atoms with Gasteiger partial charge in [-0.2, -0.15) is 0 Å². The van der Waals surface area contributed by atoms with E-state index in [4.69, 9.17) is 9.47 Å². The summed E-state index contributed by atoms with van der Waals surface area (Å²) in [5.74, 6) is -0.107. The first kappa shape index (κ1) is 17.8. The Kier molecular flexibility index (Phi) is 6.63. The Balaban J connectivity index is 1.99. The molecule has 0 amide bonds. The highest BCUT2D eigenvalue weighted by Crippen LogP contribution is 2.16. The second kappa shape index (κ2) is 8.93. The molecule has 24 heavy (non-hydrogen) atoms. The molecule has 128 valence electrons. The van der Waals surface area contributed by atoms with Gasteiger partial charge in [-0.15, -0.1) is 0 Å². The highest BCUT2D eigenvalue weighted by molar-refractivity contribution is 5.75. The highest BCUT2D eigenvalue weighted by Gasteiger charge is 2.19. The van der Waals surface area contributed by atoms with Gasteiger partial charge in [0.2, 0.25) is 0 Å². The molecular formula is C19H23NO4. The lowest BCUT2D eigenvalue weighted by atomic mass is 10.1. The van der Waals surface area contributed by atoms with Crippen molar-refractivity contribution in [1.29, 1.82) is 0 Å². The molecule has 0 aliphatic rings. The zero-order valence-electron chi connectivity index (χ0n) is 14.0. The average Bonchev–Trinajstić information content (AvgIpc) is 2.60. The number of rotatable bonds is 8. The Labute approximate surface area is 142 Å². The number of phenolic OH excluding ortho intramolecular Hbond substituents is 1. The topological polar surface area (TPSA) is 67.8 Å². The van der Waals surface area contributed by atoms with Crippen molar-refractivity contribution < 1.29 is 19.4 Å². The molecule has 5 nitrogen and oxygen atoms in total. The van der Waals surface area contributed by atoms with Crippen LogP contribution in [0.1, 0.15) is 18.1 Å². The summed E-state index contributed by atoms with van der Waals surface area (Å²) >= 11 is 0. The van der Waals surface area contributed by atoms with E-state index in [9.17, 15) is 9.90 Å². The molecule has 0 aliphatic carbocycles. The summed E-state index contributed by atoms with van der Waals surface area (Å²) in [6.07, 6.45) is -0.123. The van der Waals surface area contributed by atoms with Gasteiger partial charge in [0, 0.05) is 25.3 Å². The van der Waals surface area contributed by atoms with Crippen LogP contribution in [0.4, 0.5) is 5.69 Å². The van der Waals surface area contributed by atoms with Crippen LogP contribution in [-0.2, 0) is 27.2 Å². The second-order valence-corrected chi connectivity index (χ2v) is 5.39. The predicted octanol–water partition coefficient (Wildman–Crippen LogP) is 3.12. The van der Waals surface area contributed by atoms with Crippen LogP contribution < -0.4 is 5.32 Å². The molecule has 1 unspecified atom stereocenters. The molecule has 0 saturated carbocycles. The molecule has 0 aromatic heterocycles. The Morgan fingerprint density at radius 3 is 2.58 bits per heavy atom. The lowest BCUT2D eigenvalue weighted by Gasteiger charge is -2.15. The van der Waals surface area contributed by atoms with Crippen LogP contribution in [0.3, 0.4) is 0 Å². The third kappa shape index (κ3) is 5.28. The lowest BCUT2D eigenvalue weighted by molar-refractivity contribution is -0.153. The minimum atomic E-state index is -0.590. The molecule has 0 aliphatic heterocycles. The van der Waals surface area contributed by atoms with E-state index < -0.39 is 6.10 Å². The van der Waals surface area contributed by atoms with E-state index in [0.29, 0.717) is 19.6 Å². The molecule has 1 atom stereocenters. The molecule has 0 heterocycles. The van der Waals surface area contributed by atoms with E-state index in [0.717, 1.165) is 16.8 Å². The van der Waals surface area contributed by atoms with Crippen molar-refractivity contribution in [2.75, 3.05) is 19.0 Å². The van der Waals surface area contributed by atoms with E-state index in [2.05, 4.69) is 5.32 Å². The van der Waals surface area contributed by atoms with Crippen LogP contribution in [0, 0.1) is 0 Å². The summed E-state index contributed by atoms with van der Waals surface area (Å²) in [6.45, 7) is 2.96. The van der Waals surface area contributed by atoms with Crippen LogP contribution in [0.15, 0.2) is 48.5 Å². The van der Waals surface area contributed by atoms with Gasteiger partial charge in [0.15, 0.2) is 6.10 Å². The Bertz CT molecular complexity index is 655. The third-order valence-corrected chi connectivity index (χ3v) is 3.61. The first-order valence-corrected chi connectivity index (χ1v) is 7.92. The van der Waals surface area contributed by atoms with E-state index in [1.807, 2.05) is 43.3 Å². The molecule has 0 spiro atoms. The van der Waals surface area contributed by atoms with Crippen molar-refractivity contribution >= 4 is 11.7 Å². The number of hydrogen-bond donors (Lipinski definition) is 2. The van der Waals surface area contributed by atoms with Crippen LogP contribution in [-0.4, -0.2) is 30.9 Å². The van der Waals surface area contributed by atoms with Gasteiger partial charge in [-0.1, -0.05) is 24.3 Å². The average molecular weight is 329 g/mol. The minimum Gasteiger partial charge on any atom is -0.508 e. The van der Waals surface area contributed by atoms with E-state index in [-0.39, 0.29) is 11.7 Å². The fourth-order valence-corrected chi connectivity index (χ4v) is 2.38. The lowest BCUT2D eigenvalue weighted by Crippen LogP contribution is -2.28. The maximum Gasteiger partial charge on any atom is 0.335 e. The molecular weight excluding hydrogens is 306 g/mol. The summed E-state index contributed by atoms with van der Waals surface area (Å²) in [7, 11) is 1.37. The van der Waals surface area contributed by atoms with Crippen LogP contribution >= 0.6 is 0 Å². The fourth-order valence-electron chi connectivity index (χ4n) is 2.38. The number of benzene rings is 2. The van der Waals surface area contributed by atoms with Crippen LogP contribution in [0.2, 0.25) is 0 Å². The normalized spacial score (nSPS) is 11.8. The molecule has 2 N–H and O–H groups in total. The zero-order valence-corrected chi connectivity index (χ0v) is 14.0. The number of phenols is 1. The second-order valence-electron chi connectivity index (χ2n) is 5.39. The Morgan fingerprint density at radius 1 is 1.17 bits per heavy atom. The number of nitrogens with one attached hydrogen (secondary N) is 1. The van der Waals surface area contributed by atoms with Crippen molar-refractivity contribution in [2.24, 2.45) is 0 Å². The number of carbonyl (C=O) groups excluding carboxylic acids is 1. The summed E-state index contributed by atoms with van der Waals surface area (Å²) in [5.41, 5.74) is 3.02. The van der Waals surface area contributed by atoms with Gasteiger partial charge < -0.3 is 19.9 Å². The first-order chi connectivity index (χ1) is 11.6. The van der Waals surface area contributed by atoms with Crippen molar-refractivity contribution in [3.8, 4) is 5.75 Å². The summed E-state index contributed by atoms with van der Waals surface area (Å²) < 4.78 is 10.2. The number of carbonyl (C=O) groups is 1. The van der Waals surface area contributed by atoms with Crippen molar-refractivity contribution in [3.63, 3.8) is 0 Å². The van der Waals surface area contributed by atoms with E-state index in [1.165, 1.54) is 7.11 Å². The molecule has 0 fully saturated rings. The Hall–Kier alpha value is -2.53. The molecule has 0 saturated heterocycles. The quantitative estimate of drug-likeness (QED) is 0.728. The maximum atomic E-state index is 11.7. The standard InChI is InChI=1S/C19H23NO4/c1-3-24-18(19(22)23-2)12-15-5-4-6-16(11-15)20-13-14-7-9-17(21)10-8-14/h4-11,18,20-21H,3,12-13H2,1-2H3. The summed E-state index contributed by atoms with van der Waals surface area (Å²) in [5, 5.41) is 12.6. The van der Waals surface area contributed by atoms with Gasteiger partial charge in [-0.3, -0.25) is 0 Å². The van der Waals surface area contributed by atoms with Gasteiger partial charge >= 0.3 is 5.97 Å². The number of aromatic hydroxyl groups is 1. The van der Waals surface area contributed by atoms with Gasteiger partial charge in [0.05, 0.1) is 7.11 Å². The maximum absolute atomic E-state index is 11.7. The minimum absolute atomic E-state index is 0.255. The molecule has 0 radical (unpaired) electrons. The monoisotopic (exact) mass is 329 g/mol. The molecule has 2 rings (SSSR count). The van der Waals surface area contributed by atoms with Gasteiger partial charge in [0.25, 0.3) is 0 Å². The first-order valence-electron chi connectivity index (χ1n) is 7.92. The summed E-state index contributed by atoms with van der Waals surface area (Å²) in [4.78, 5) is 11.7. The van der Waals surface area contributed by atoms with Crippen molar-refractivity contribution in [3.05, 3.63) is 59.7 Å². The highest BCUT2D eigenvalue weighted by atomic mass is 16.6. The number of hydrogen-bond acceptors (Lipinski definition) is 5. The van der Waals surface area contributed by atoms with Gasteiger partial charge in [0.1, 0.15) is 5.75 Å². The summed E-state index contributed by atoms with van der Waals surface area (Å²) in [6, 6.07) is 14.9. The molecule has 2 aromatic rings. The van der Waals surface area contributed by atoms with Gasteiger partial charge in [-0.05, 0) is 42.3 Å².